The summed E-state index contributed by atoms with van der Waals surface area (Å²) in [7, 11) is 1.75. The summed E-state index contributed by atoms with van der Waals surface area (Å²) in [4.78, 5) is 28.9. The van der Waals surface area contributed by atoms with Crippen LogP contribution in [0.1, 0.15) is 25.0 Å². The lowest BCUT2D eigenvalue weighted by atomic mass is 10.1. The molecule has 0 unspecified atom stereocenters. The van der Waals surface area contributed by atoms with E-state index in [1.807, 2.05) is 0 Å². The van der Waals surface area contributed by atoms with Crippen molar-refractivity contribution in [3.63, 3.8) is 0 Å². The first kappa shape index (κ1) is 12.8. The van der Waals surface area contributed by atoms with E-state index in [1.165, 1.54) is 4.90 Å². The summed E-state index contributed by atoms with van der Waals surface area (Å²) in [5.74, 6) is 0.351. The highest BCUT2D eigenvalue weighted by atomic mass is 35.5. The third kappa shape index (κ3) is 2.61. The average molecular weight is 268 g/mol. The van der Waals surface area contributed by atoms with Crippen molar-refractivity contribution in [3.8, 4) is 0 Å². The molecule has 1 aliphatic heterocycles. The molecule has 0 aromatic carbocycles. The Morgan fingerprint density at radius 3 is 2.61 bits per heavy atom. The quantitative estimate of drug-likeness (QED) is 0.849. The standard InChI is InChI=1S/C12H14ClN3O2/c1-14-10-6-5-8(13)9(15-10)7-16-11(17)3-2-4-12(16)18/h5-6H,2-4,7H2,1H3,(H,14,15). The van der Waals surface area contributed by atoms with Gasteiger partial charge in [-0.15, -0.1) is 0 Å². The van der Waals surface area contributed by atoms with Crippen molar-refractivity contribution < 1.29 is 9.59 Å². The maximum absolute atomic E-state index is 11.7. The van der Waals surface area contributed by atoms with Crippen LogP contribution in [0.25, 0.3) is 0 Å². The Balaban J connectivity index is 2.22. The van der Waals surface area contributed by atoms with Crippen LogP contribution in [0, 0.1) is 0 Å². The molecule has 0 atom stereocenters. The maximum atomic E-state index is 11.7. The zero-order valence-corrected chi connectivity index (χ0v) is 10.8. The number of carbonyl (C=O) groups is 2. The number of halogens is 1. The van der Waals surface area contributed by atoms with E-state index in [1.54, 1.807) is 19.2 Å². The zero-order valence-electron chi connectivity index (χ0n) is 10.1. The number of pyridine rings is 1. The van der Waals surface area contributed by atoms with Crippen LogP contribution in [0.5, 0.6) is 0 Å². The third-order valence-electron chi connectivity index (χ3n) is 2.87. The van der Waals surface area contributed by atoms with E-state index in [0.29, 0.717) is 35.8 Å². The molecule has 0 aliphatic carbocycles. The van der Waals surface area contributed by atoms with Gasteiger partial charge in [0.05, 0.1) is 17.3 Å². The lowest BCUT2D eigenvalue weighted by molar-refractivity contribution is -0.148. The van der Waals surface area contributed by atoms with Gasteiger partial charge in [-0.1, -0.05) is 11.6 Å². The summed E-state index contributed by atoms with van der Waals surface area (Å²) in [5, 5.41) is 3.35. The predicted octanol–water partition coefficient (Wildman–Crippen LogP) is 1.82. The normalized spacial score (nSPS) is 16.0. The highest BCUT2D eigenvalue weighted by Crippen LogP contribution is 2.21. The molecule has 0 spiro atoms. The molecule has 2 rings (SSSR count). The molecular formula is C12H14ClN3O2. The zero-order chi connectivity index (χ0) is 13.1. The molecule has 0 radical (unpaired) electrons. The number of nitrogens with zero attached hydrogens (tertiary/aromatic N) is 2. The Morgan fingerprint density at radius 2 is 2.00 bits per heavy atom. The molecule has 5 nitrogen and oxygen atoms in total. The van der Waals surface area contributed by atoms with E-state index in [4.69, 9.17) is 11.6 Å². The summed E-state index contributed by atoms with van der Waals surface area (Å²) in [6, 6.07) is 3.44. The van der Waals surface area contributed by atoms with E-state index < -0.39 is 0 Å². The largest absolute Gasteiger partial charge is 0.373 e. The van der Waals surface area contributed by atoms with Crippen molar-refractivity contribution in [1.82, 2.24) is 9.88 Å². The van der Waals surface area contributed by atoms with Crippen LogP contribution < -0.4 is 5.32 Å². The van der Waals surface area contributed by atoms with E-state index in [-0.39, 0.29) is 18.4 Å². The fourth-order valence-electron chi connectivity index (χ4n) is 1.86. The van der Waals surface area contributed by atoms with E-state index in [0.717, 1.165) is 0 Å². The van der Waals surface area contributed by atoms with Crippen molar-refractivity contribution in [2.24, 2.45) is 0 Å². The highest BCUT2D eigenvalue weighted by molar-refractivity contribution is 6.31. The number of nitrogens with one attached hydrogen (secondary N) is 1. The molecule has 0 saturated carbocycles. The van der Waals surface area contributed by atoms with Gasteiger partial charge < -0.3 is 5.32 Å². The lowest BCUT2D eigenvalue weighted by Gasteiger charge is -2.24. The van der Waals surface area contributed by atoms with Crippen molar-refractivity contribution in [3.05, 3.63) is 22.8 Å². The molecule has 18 heavy (non-hydrogen) atoms. The molecule has 1 saturated heterocycles. The van der Waals surface area contributed by atoms with Crippen LogP contribution in [0.15, 0.2) is 12.1 Å². The number of carbonyl (C=O) groups excluding carboxylic acids is 2. The molecule has 1 N–H and O–H groups in total. The maximum Gasteiger partial charge on any atom is 0.229 e. The number of hydrogen-bond acceptors (Lipinski definition) is 4. The second-order valence-corrected chi connectivity index (χ2v) is 4.51. The van der Waals surface area contributed by atoms with Crippen molar-refractivity contribution in [2.75, 3.05) is 12.4 Å². The Labute approximate surface area is 110 Å². The van der Waals surface area contributed by atoms with E-state index in [9.17, 15) is 9.59 Å². The second kappa shape index (κ2) is 5.35. The van der Waals surface area contributed by atoms with Crippen LogP contribution in [0.3, 0.4) is 0 Å². The minimum Gasteiger partial charge on any atom is -0.373 e. The summed E-state index contributed by atoms with van der Waals surface area (Å²) < 4.78 is 0. The molecule has 6 heteroatoms. The number of piperidine rings is 1. The van der Waals surface area contributed by atoms with E-state index >= 15 is 0 Å². The van der Waals surface area contributed by atoms with Crippen LogP contribution in [-0.2, 0) is 16.1 Å². The van der Waals surface area contributed by atoms with Gasteiger partial charge >= 0.3 is 0 Å². The number of amides is 2. The number of imide groups is 1. The number of likely N-dealkylation sites (tertiary alicyclic amines) is 1. The molecule has 2 amide bonds. The predicted molar refractivity (Wildman–Crippen MR) is 68.2 cm³/mol. The van der Waals surface area contributed by atoms with Gasteiger partial charge in [0, 0.05) is 19.9 Å². The Kier molecular flexibility index (Phi) is 3.81. The SMILES string of the molecule is CNc1ccc(Cl)c(CN2C(=O)CCCC2=O)n1. The van der Waals surface area contributed by atoms with Gasteiger partial charge in [0.15, 0.2) is 0 Å². The molecule has 1 aromatic rings. The number of anilines is 1. The molecule has 1 aliphatic rings. The fourth-order valence-corrected chi connectivity index (χ4v) is 2.03. The third-order valence-corrected chi connectivity index (χ3v) is 3.21. The smallest absolute Gasteiger partial charge is 0.229 e. The molecule has 2 heterocycles. The van der Waals surface area contributed by atoms with Crippen LogP contribution in [0.2, 0.25) is 5.02 Å². The number of aromatic nitrogens is 1. The van der Waals surface area contributed by atoms with Crippen LogP contribution in [0.4, 0.5) is 5.82 Å². The summed E-state index contributed by atoms with van der Waals surface area (Å²) in [6.07, 6.45) is 1.45. The first-order valence-corrected chi connectivity index (χ1v) is 6.16. The van der Waals surface area contributed by atoms with Gasteiger partial charge in [0.1, 0.15) is 5.82 Å². The van der Waals surface area contributed by atoms with Gasteiger partial charge in [0.2, 0.25) is 11.8 Å². The van der Waals surface area contributed by atoms with Gasteiger partial charge in [-0.2, -0.15) is 0 Å². The first-order chi connectivity index (χ1) is 8.61. The monoisotopic (exact) mass is 267 g/mol. The Hall–Kier alpha value is -1.62. The van der Waals surface area contributed by atoms with Crippen molar-refractivity contribution >= 4 is 29.2 Å². The molecule has 1 aromatic heterocycles. The van der Waals surface area contributed by atoms with Gasteiger partial charge in [-0.25, -0.2) is 4.98 Å². The van der Waals surface area contributed by atoms with Crippen LogP contribution in [-0.4, -0.2) is 28.7 Å². The van der Waals surface area contributed by atoms with Crippen LogP contribution >= 0.6 is 11.6 Å². The van der Waals surface area contributed by atoms with Gasteiger partial charge in [-0.05, 0) is 18.6 Å². The summed E-state index contributed by atoms with van der Waals surface area (Å²) in [5.41, 5.74) is 0.534. The summed E-state index contributed by atoms with van der Waals surface area (Å²) in [6.45, 7) is 0.145. The van der Waals surface area contributed by atoms with Gasteiger partial charge in [0.25, 0.3) is 0 Å². The van der Waals surface area contributed by atoms with E-state index in [2.05, 4.69) is 10.3 Å². The second-order valence-electron chi connectivity index (χ2n) is 4.10. The molecule has 0 bridgehead atoms. The Morgan fingerprint density at radius 1 is 1.33 bits per heavy atom. The molecular weight excluding hydrogens is 254 g/mol. The van der Waals surface area contributed by atoms with Crippen molar-refractivity contribution in [2.45, 2.75) is 25.8 Å². The number of hydrogen-bond donors (Lipinski definition) is 1. The topological polar surface area (TPSA) is 62.3 Å². The fraction of sp³-hybridized carbons (Fsp3) is 0.417. The number of rotatable bonds is 3. The minimum atomic E-state index is -0.154. The molecule has 96 valence electrons. The van der Waals surface area contributed by atoms with Crippen molar-refractivity contribution in [1.29, 1.82) is 0 Å². The highest BCUT2D eigenvalue weighted by Gasteiger charge is 2.26. The lowest BCUT2D eigenvalue weighted by Crippen LogP contribution is -2.39. The summed E-state index contributed by atoms with van der Waals surface area (Å²) >= 11 is 6.03. The van der Waals surface area contributed by atoms with Gasteiger partial charge in [-0.3, -0.25) is 14.5 Å². The Bertz CT molecular complexity index is 474. The average Bonchev–Trinajstić information content (AvgIpc) is 2.36. The first-order valence-electron chi connectivity index (χ1n) is 5.78. The molecule has 1 fully saturated rings. The minimum absolute atomic E-state index is 0.145.